The molecule has 0 aliphatic heterocycles. The molecule has 23 heavy (non-hydrogen) atoms. The van der Waals surface area contributed by atoms with E-state index in [0.717, 1.165) is 23.4 Å². The molecule has 4 heteroatoms. The van der Waals surface area contributed by atoms with Gasteiger partial charge in [0.1, 0.15) is 5.75 Å². The molecule has 0 heterocycles. The van der Waals surface area contributed by atoms with Crippen LogP contribution in [0, 0.1) is 23.7 Å². The fourth-order valence-corrected chi connectivity index (χ4v) is 4.12. The van der Waals surface area contributed by atoms with Gasteiger partial charge in [0, 0.05) is 11.1 Å². The summed E-state index contributed by atoms with van der Waals surface area (Å²) in [6.07, 6.45) is 3.44. The molecule has 2 fully saturated rings. The Hall–Kier alpha value is -1.84. The molecule has 2 aliphatic carbocycles. The van der Waals surface area contributed by atoms with Crippen molar-refractivity contribution in [1.29, 1.82) is 0 Å². The normalized spacial score (nSPS) is 29.7. The summed E-state index contributed by atoms with van der Waals surface area (Å²) in [5.74, 6) is 1.22. The number of aryl methyl sites for hydroxylation is 1. The Balaban J connectivity index is 1.59. The van der Waals surface area contributed by atoms with Crippen molar-refractivity contribution in [2.24, 2.45) is 21.8 Å². The third-order valence-electron chi connectivity index (χ3n) is 6.28. The molecule has 2 bridgehead atoms. The lowest BCUT2D eigenvalue weighted by Gasteiger charge is -2.34. The van der Waals surface area contributed by atoms with Crippen LogP contribution in [0.25, 0.3) is 0 Å². The monoisotopic (exact) mass is 314 g/mol. The summed E-state index contributed by atoms with van der Waals surface area (Å²) in [6.45, 7) is 8.90. The van der Waals surface area contributed by atoms with Gasteiger partial charge in [-0.25, -0.2) is 5.43 Å². The first-order chi connectivity index (χ1) is 10.8. The van der Waals surface area contributed by atoms with Crippen LogP contribution in [0.1, 0.15) is 45.6 Å². The maximum absolute atomic E-state index is 12.0. The Kier molecular flexibility index (Phi) is 3.95. The zero-order valence-electron chi connectivity index (χ0n) is 14.5. The summed E-state index contributed by atoms with van der Waals surface area (Å²) in [4.78, 5) is 12.0. The van der Waals surface area contributed by atoms with Gasteiger partial charge in [0.05, 0.1) is 0 Å². The van der Waals surface area contributed by atoms with Crippen molar-refractivity contribution in [1.82, 2.24) is 5.43 Å². The van der Waals surface area contributed by atoms with Crippen LogP contribution in [-0.2, 0) is 4.79 Å². The van der Waals surface area contributed by atoms with Gasteiger partial charge in [0.15, 0.2) is 6.61 Å². The summed E-state index contributed by atoms with van der Waals surface area (Å²) in [5.41, 5.74) is 5.23. The molecule has 1 N–H and O–H groups in total. The third-order valence-corrected chi connectivity index (χ3v) is 6.28. The first-order valence-electron chi connectivity index (χ1n) is 8.39. The second kappa shape index (κ2) is 5.66. The topological polar surface area (TPSA) is 50.7 Å². The number of nitrogens with one attached hydrogen (secondary N) is 1. The molecule has 2 saturated carbocycles. The average molecular weight is 314 g/mol. The van der Waals surface area contributed by atoms with E-state index < -0.39 is 0 Å². The minimum atomic E-state index is -0.204. The summed E-state index contributed by atoms with van der Waals surface area (Å²) < 4.78 is 5.56. The quantitative estimate of drug-likeness (QED) is 0.862. The molecule has 4 nitrogen and oxygen atoms in total. The standard InChI is InChI=1S/C19H26N2O2/c1-13-7-5-6-8-15(13)23-12-17(22)21-20-16-11-14-9-10-19(16,4)18(14,2)3/h5-8,14H,9-12H2,1-4H3,(H,21,22)/b20-16-/t14-,19-/m1/s1. The predicted octanol–water partition coefficient (Wildman–Crippen LogP) is 3.69. The van der Waals surface area contributed by atoms with E-state index in [0.29, 0.717) is 5.92 Å². The molecule has 0 unspecified atom stereocenters. The van der Waals surface area contributed by atoms with Gasteiger partial charge in [-0.2, -0.15) is 5.10 Å². The Labute approximate surface area is 138 Å². The average Bonchev–Trinajstić information content (AvgIpc) is 2.85. The molecule has 0 spiro atoms. The maximum Gasteiger partial charge on any atom is 0.277 e. The zero-order valence-corrected chi connectivity index (χ0v) is 14.5. The summed E-state index contributed by atoms with van der Waals surface area (Å²) in [5, 5.41) is 4.45. The third kappa shape index (κ3) is 2.64. The van der Waals surface area contributed by atoms with E-state index in [1.807, 2.05) is 31.2 Å². The van der Waals surface area contributed by atoms with E-state index >= 15 is 0 Å². The Bertz CT molecular complexity index is 651. The Morgan fingerprint density at radius 3 is 2.70 bits per heavy atom. The molecular weight excluding hydrogens is 288 g/mol. The van der Waals surface area contributed by atoms with E-state index in [1.165, 1.54) is 12.8 Å². The van der Waals surface area contributed by atoms with Gasteiger partial charge < -0.3 is 4.74 Å². The highest BCUT2D eigenvalue weighted by molar-refractivity contribution is 5.95. The van der Waals surface area contributed by atoms with Crippen LogP contribution in [0.4, 0.5) is 0 Å². The summed E-state index contributed by atoms with van der Waals surface area (Å²) in [6, 6.07) is 7.68. The Morgan fingerprint density at radius 1 is 1.35 bits per heavy atom. The number of hydrazone groups is 1. The van der Waals surface area contributed by atoms with E-state index in [2.05, 4.69) is 31.3 Å². The number of amides is 1. The fourth-order valence-electron chi connectivity index (χ4n) is 4.12. The number of carbonyl (C=O) groups excluding carboxylic acids is 1. The number of ether oxygens (including phenoxy) is 1. The molecule has 3 rings (SSSR count). The predicted molar refractivity (Wildman–Crippen MR) is 91.5 cm³/mol. The smallest absolute Gasteiger partial charge is 0.277 e. The highest BCUT2D eigenvalue weighted by Crippen LogP contribution is 2.63. The fraction of sp³-hybridized carbons (Fsp3) is 0.579. The van der Waals surface area contributed by atoms with Gasteiger partial charge in [0.25, 0.3) is 5.91 Å². The van der Waals surface area contributed by atoms with E-state index in [-0.39, 0.29) is 23.3 Å². The number of rotatable bonds is 4. The van der Waals surface area contributed by atoms with Gasteiger partial charge >= 0.3 is 0 Å². The van der Waals surface area contributed by atoms with Crippen LogP contribution < -0.4 is 10.2 Å². The van der Waals surface area contributed by atoms with Gasteiger partial charge in [-0.3, -0.25) is 4.79 Å². The van der Waals surface area contributed by atoms with Crippen molar-refractivity contribution < 1.29 is 9.53 Å². The first-order valence-corrected chi connectivity index (χ1v) is 8.39. The minimum absolute atomic E-state index is 0.00876. The van der Waals surface area contributed by atoms with Crippen LogP contribution in [0.2, 0.25) is 0 Å². The van der Waals surface area contributed by atoms with Crippen LogP contribution in [-0.4, -0.2) is 18.2 Å². The number of hydrogen-bond acceptors (Lipinski definition) is 3. The lowest BCUT2D eigenvalue weighted by atomic mass is 9.70. The van der Waals surface area contributed by atoms with Crippen molar-refractivity contribution in [2.75, 3.05) is 6.61 Å². The molecule has 1 aromatic rings. The van der Waals surface area contributed by atoms with Crippen molar-refractivity contribution >= 4 is 11.6 Å². The van der Waals surface area contributed by atoms with Crippen LogP contribution in [0.3, 0.4) is 0 Å². The number of benzene rings is 1. The van der Waals surface area contributed by atoms with Crippen LogP contribution in [0.5, 0.6) is 5.75 Å². The zero-order chi connectivity index (χ0) is 16.7. The number of para-hydroxylation sites is 1. The second-order valence-electron chi connectivity index (χ2n) is 7.64. The molecule has 0 aromatic heterocycles. The highest BCUT2D eigenvalue weighted by atomic mass is 16.5. The molecule has 124 valence electrons. The van der Waals surface area contributed by atoms with Crippen molar-refractivity contribution in [3.05, 3.63) is 29.8 Å². The van der Waals surface area contributed by atoms with E-state index in [1.54, 1.807) is 0 Å². The van der Waals surface area contributed by atoms with Crippen molar-refractivity contribution in [3.8, 4) is 5.75 Å². The van der Waals surface area contributed by atoms with Gasteiger partial charge in [-0.15, -0.1) is 0 Å². The largest absolute Gasteiger partial charge is 0.483 e. The molecule has 2 aliphatic rings. The summed E-state index contributed by atoms with van der Waals surface area (Å²) in [7, 11) is 0. The molecular formula is C19H26N2O2. The number of carbonyl (C=O) groups is 1. The van der Waals surface area contributed by atoms with Crippen LogP contribution in [0.15, 0.2) is 29.4 Å². The molecule has 0 radical (unpaired) electrons. The van der Waals surface area contributed by atoms with Gasteiger partial charge in [-0.05, 0) is 49.1 Å². The molecule has 1 aromatic carbocycles. The highest BCUT2D eigenvalue weighted by Gasteiger charge is 2.59. The minimum Gasteiger partial charge on any atom is -0.483 e. The number of nitrogens with zero attached hydrogens (tertiary/aromatic N) is 1. The van der Waals surface area contributed by atoms with Gasteiger partial charge in [0.2, 0.25) is 0 Å². The maximum atomic E-state index is 12.0. The van der Waals surface area contributed by atoms with Crippen LogP contribution >= 0.6 is 0 Å². The molecule has 0 saturated heterocycles. The SMILES string of the molecule is Cc1ccccc1OCC(=O)N/N=C1/C[C@H]2CC[C@@]1(C)C2(C)C. The van der Waals surface area contributed by atoms with Gasteiger partial charge in [-0.1, -0.05) is 39.0 Å². The Morgan fingerprint density at radius 2 is 2.09 bits per heavy atom. The van der Waals surface area contributed by atoms with Crippen molar-refractivity contribution in [3.63, 3.8) is 0 Å². The number of hydrogen-bond donors (Lipinski definition) is 1. The second-order valence-corrected chi connectivity index (χ2v) is 7.64. The van der Waals surface area contributed by atoms with E-state index in [4.69, 9.17) is 4.74 Å². The first kappa shape index (κ1) is 16.0. The molecule has 1 amide bonds. The summed E-state index contributed by atoms with van der Waals surface area (Å²) >= 11 is 0. The lowest BCUT2D eigenvalue weighted by molar-refractivity contribution is -0.123. The van der Waals surface area contributed by atoms with E-state index in [9.17, 15) is 4.79 Å². The number of fused-ring (bicyclic) bond motifs is 2. The lowest BCUT2D eigenvalue weighted by Crippen LogP contribution is -2.35. The van der Waals surface area contributed by atoms with Crippen molar-refractivity contribution in [2.45, 2.75) is 47.0 Å². The molecule has 2 atom stereocenters.